The number of nitrogens with one attached hydrogen (secondary N) is 2. The largest absolute Gasteiger partial charge is 0.392 e. The van der Waals surface area contributed by atoms with Crippen molar-refractivity contribution in [2.24, 2.45) is 5.92 Å². The van der Waals surface area contributed by atoms with Gasteiger partial charge < -0.3 is 25.2 Å². The van der Waals surface area contributed by atoms with Crippen LogP contribution in [0.1, 0.15) is 92.7 Å². The lowest BCUT2D eigenvalue weighted by molar-refractivity contribution is -0.276. The number of carbonyl (C=O) groups excluding carboxylic acids is 2. The number of hydrogen-bond acceptors (Lipinski definition) is 6. The highest BCUT2D eigenvalue weighted by Crippen LogP contribution is 2.42. The first kappa shape index (κ1) is 39.8. The van der Waals surface area contributed by atoms with Crippen LogP contribution in [0, 0.1) is 5.92 Å². The maximum Gasteiger partial charge on any atom is 0.220 e. The van der Waals surface area contributed by atoms with Crippen molar-refractivity contribution < 1.29 is 24.2 Å². The predicted octanol–water partition coefficient (Wildman–Crippen LogP) is 8.80. The molecule has 0 spiro atoms. The van der Waals surface area contributed by atoms with Crippen molar-refractivity contribution in [3.8, 4) is 11.1 Å². The number of amides is 2. The molecule has 5 aromatic rings. The molecule has 0 unspecified atom stereocenters. The quantitative estimate of drug-likeness (QED) is 0.0875. The average Bonchev–Trinajstić information content (AvgIpc) is 3.21. The fourth-order valence-electron chi connectivity index (χ4n) is 7.40. The van der Waals surface area contributed by atoms with Crippen molar-refractivity contribution >= 4 is 22.6 Å². The third-order valence-electron chi connectivity index (χ3n) is 11.0. The van der Waals surface area contributed by atoms with Crippen LogP contribution in [0.15, 0.2) is 115 Å². The van der Waals surface area contributed by atoms with E-state index < -0.39 is 6.29 Å². The fraction of sp³-hybridized carbons (Fsp3) is 0.362. The Balaban J connectivity index is 1.15. The lowest BCUT2D eigenvalue weighted by Gasteiger charge is -2.43. The molecule has 5 aromatic carbocycles. The topological polar surface area (TPSA) is 100 Å². The normalized spacial score (nSPS) is 18.9. The van der Waals surface area contributed by atoms with Crippen LogP contribution in [0.5, 0.6) is 0 Å². The minimum atomic E-state index is -0.574. The molecular weight excluding hydrogens is 687 g/mol. The molecular formula is C47H55N3O5. The summed E-state index contributed by atoms with van der Waals surface area (Å²) < 4.78 is 13.6. The molecule has 0 radical (unpaired) electrons. The van der Waals surface area contributed by atoms with Crippen LogP contribution in [-0.4, -0.2) is 48.1 Å². The van der Waals surface area contributed by atoms with Crippen molar-refractivity contribution in [2.75, 3.05) is 20.1 Å². The van der Waals surface area contributed by atoms with Gasteiger partial charge in [0.05, 0.1) is 18.8 Å². The minimum absolute atomic E-state index is 0.00283. The van der Waals surface area contributed by atoms with Crippen molar-refractivity contribution in [1.29, 1.82) is 0 Å². The third-order valence-corrected chi connectivity index (χ3v) is 11.0. The van der Waals surface area contributed by atoms with E-state index in [0.717, 1.165) is 52.6 Å². The Kier molecular flexibility index (Phi) is 13.9. The number of hydrogen-bond donors (Lipinski definition) is 3. The number of likely N-dealkylation sites (N-methyl/N-ethyl adjacent to an activating group) is 1. The molecule has 6 rings (SSSR count). The van der Waals surface area contributed by atoms with E-state index in [4.69, 9.17) is 9.47 Å². The van der Waals surface area contributed by atoms with Gasteiger partial charge in [-0.2, -0.15) is 0 Å². The van der Waals surface area contributed by atoms with Crippen LogP contribution in [0.3, 0.4) is 0 Å². The second kappa shape index (κ2) is 19.1. The first-order chi connectivity index (χ1) is 26.7. The van der Waals surface area contributed by atoms with Crippen LogP contribution < -0.4 is 10.6 Å². The Labute approximate surface area is 325 Å². The van der Waals surface area contributed by atoms with Gasteiger partial charge in [0.1, 0.15) is 0 Å². The van der Waals surface area contributed by atoms with Gasteiger partial charge in [0, 0.05) is 50.5 Å². The van der Waals surface area contributed by atoms with Crippen LogP contribution in [-0.2, 0) is 32.2 Å². The minimum Gasteiger partial charge on any atom is -0.392 e. The number of benzene rings is 5. The molecule has 8 nitrogen and oxygen atoms in total. The summed E-state index contributed by atoms with van der Waals surface area (Å²) >= 11 is 0. The van der Waals surface area contributed by atoms with Gasteiger partial charge in [-0.1, -0.05) is 123 Å². The van der Waals surface area contributed by atoms with Gasteiger partial charge in [0.2, 0.25) is 11.8 Å². The summed E-state index contributed by atoms with van der Waals surface area (Å²) in [4.78, 5) is 26.0. The number of aliphatic hydroxyl groups is 1. The van der Waals surface area contributed by atoms with E-state index in [1.54, 1.807) is 0 Å². The van der Waals surface area contributed by atoms with E-state index in [-0.39, 0.29) is 42.6 Å². The molecule has 1 fully saturated rings. The van der Waals surface area contributed by atoms with Gasteiger partial charge in [0.15, 0.2) is 6.29 Å². The summed E-state index contributed by atoms with van der Waals surface area (Å²) in [5.41, 5.74) is 7.28. The van der Waals surface area contributed by atoms with E-state index in [1.165, 1.54) is 23.3 Å². The molecule has 1 saturated heterocycles. The average molecular weight is 742 g/mol. The number of aliphatic hydroxyl groups excluding tert-OH is 1. The van der Waals surface area contributed by atoms with Crippen molar-refractivity contribution in [3.63, 3.8) is 0 Å². The Morgan fingerprint density at radius 1 is 0.800 bits per heavy atom. The van der Waals surface area contributed by atoms with E-state index in [0.29, 0.717) is 26.1 Å². The molecule has 288 valence electrons. The van der Waals surface area contributed by atoms with E-state index in [2.05, 4.69) is 127 Å². The highest BCUT2D eigenvalue weighted by molar-refractivity contribution is 5.83. The second-order valence-corrected chi connectivity index (χ2v) is 14.9. The molecule has 8 heteroatoms. The lowest BCUT2D eigenvalue weighted by atomic mass is 9.89. The molecule has 2 amide bonds. The highest BCUT2D eigenvalue weighted by atomic mass is 16.7. The Hall–Kier alpha value is -4.86. The van der Waals surface area contributed by atoms with Crippen LogP contribution in [0.4, 0.5) is 0 Å². The molecule has 0 saturated carbocycles. The maximum atomic E-state index is 12.6. The van der Waals surface area contributed by atoms with Gasteiger partial charge in [-0.25, -0.2) is 0 Å². The summed E-state index contributed by atoms with van der Waals surface area (Å²) in [6, 6.07) is 39.9. The summed E-state index contributed by atoms with van der Waals surface area (Å²) in [6.45, 7) is 7.76. The molecule has 1 heterocycles. The zero-order valence-electron chi connectivity index (χ0n) is 32.5. The predicted molar refractivity (Wildman–Crippen MR) is 219 cm³/mol. The number of unbranched alkanes of at least 4 members (excludes halogenated alkanes) is 2. The zero-order chi connectivity index (χ0) is 38.7. The van der Waals surface area contributed by atoms with E-state index in [9.17, 15) is 14.7 Å². The first-order valence-corrected chi connectivity index (χ1v) is 19.6. The van der Waals surface area contributed by atoms with Crippen LogP contribution in [0.2, 0.25) is 0 Å². The van der Waals surface area contributed by atoms with Gasteiger partial charge >= 0.3 is 0 Å². The SMILES string of the molecule is CC(=O)NCCCCCC(=O)NCc1ccccc1-c1ccc([C@H]2O[C@@H](CN(C)[C@H](C)c3ccc4ccccc4c3)[C@@H](C)[C@@H](c3ccc(CO)cc3)O2)cc1. The van der Waals surface area contributed by atoms with Gasteiger partial charge in [-0.05, 0) is 77.0 Å². The Bertz CT molecular complexity index is 2010. The van der Waals surface area contributed by atoms with Crippen molar-refractivity contribution in [1.82, 2.24) is 15.5 Å². The molecule has 1 aliphatic heterocycles. The smallest absolute Gasteiger partial charge is 0.220 e. The van der Waals surface area contributed by atoms with E-state index >= 15 is 0 Å². The highest BCUT2D eigenvalue weighted by Gasteiger charge is 2.39. The summed E-state index contributed by atoms with van der Waals surface area (Å²) in [5.74, 6) is 0.0627. The zero-order valence-corrected chi connectivity index (χ0v) is 32.5. The molecule has 5 atom stereocenters. The molecule has 1 aliphatic rings. The Morgan fingerprint density at radius 3 is 2.25 bits per heavy atom. The van der Waals surface area contributed by atoms with Gasteiger partial charge in [-0.15, -0.1) is 0 Å². The maximum absolute atomic E-state index is 12.6. The molecule has 0 aromatic heterocycles. The molecule has 0 bridgehead atoms. The summed E-state index contributed by atoms with van der Waals surface area (Å²) in [5, 5.41) is 18.0. The van der Waals surface area contributed by atoms with Crippen LogP contribution >= 0.6 is 0 Å². The fourth-order valence-corrected chi connectivity index (χ4v) is 7.40. The molecule has 3 N–H and O–H groups in total. The number of fused-ring (bicyclic) bond motifs is 1. The summed E-state index contributed by atoms with van der Waals surface area (Å²) in [7, 11) is 2.16. The van der Waals surface area contributed by atoms with E-state index in [1.807, 2.05) is 24.3 Å². The number of rotatable bonds is 16. The van der Waals surface area contributed by atoms with Crippen molar-refractivity contribution in [3.05, 3.63) is 143 Å². The van der Waals surface area contributed by atoms with Crippen molar-refractivity contribution in [2.45, 2.75) is 84.1 Å². The number of nitrogens with zero attached hydrogens (tertiary/aromatic N) is 1. The van der Waals surface area contributed by atoms with Crippen LogP contribution in [0.25, 0.3) is 21.9 Å². The van der Waals surface area contributed by atoms with Gasteiger partial charge in [0.25, 0.3) is 0 Å². The third kappa shape index (κ3) is 10.5. The first-order valence-electron chi connectivity index (χ1n) is 19.6. The Morgan fingerprint density at radius 2 is 1.51 bits per heavy atom. The lowest BCUT2D eigenvalue weighted by Crippen LogP contribution is -2.44. The second-order valence-electron chi connectivity index (χ2n) is 14.9. The standard InChI is InChI=1S/C47H55N3O5/c1-32-44(30-50(4)33(2)40-26-21-36-12-7-8-13-41(36)28-40)54-47(55-46(32)38-19-17-35(31-51)18-20-38)39-24-22-37(23-25-39)43-15-10-9-14-42(43)29-49-45(53)16-6-5-11-27-48-34(3)52/h7-10,12-15,17-26,28,32-33,44,46-47,51H,5-6,11,16,27,29-31H2,1-4H3,(H,48,52)(H,49,53)/t32-,33-,44+,46+,47+/m1/s1. The summed E-state index contributed by atoms with van der Waals surface area (Å²) in [6.07, 6.45) is 2.11. The number of ether oxygens (including phenoxy) is 2. The number of carbonyl (C=O) groups is 2. The molecule has 0 aliphatic carbocycles. The molecule has 55 heavy (non-hydrogen) atoms. The monoisotopic (exact) mass is 741 g/mol. The van der Waals surface area contributed by atoms with Gasteiger partial charge in [-0.3, -0.25) is 14.5 Å².